The fourth-order valence-corrected chi connectivity index (χ4v) is 3.48. The smallest absolute Gasteiger partial charge is 0.306 e. The SMILES string of the molecule is CCOC(=O)CC1CCC(N(C(=O)C2CC2)C(C)C)CC1. The topological polar surface area (TPSA) is 46.6 Å². The molecule has 2 aliphatic carbocycles. The van der Waals surface area contributed by atoms with Crippen LogP contribution in [0.1, 0.15) is 65.7 Å². The van der Waals surface area contributed by atoms with E-state index in [0.717, 1.165) is 38.5 Å². The Morgan fingerprint density at radius 1 is 1.10 bits per heavy atom. The van der Waals surface area contributed by atoms with Crippen molar-refractivity contribution in [3.63, 3.8) is 0 Å². The van der Waals surface area contributed by atoms with Gasteiger partial charge in [0.1, 0.15) is 0 Å². The Hall–Kier alpha value is -1.06. The van der Waals surface area contributed by atoms with Gasteiger partial charge in [0.2, 0.25) is 5.91 Å². The van der Waals surface area contributed by atoms with Crippen LogP contribution in [-0.4, -0.2) is 35.5 Å². The summed E-state index contributed by atoms with van der Waals surface area (Å²) in [6.07, 6.45) is 6.80. The van der Waals surface area contributed by atoms with Crippen molar-refractivity contribution >= 4 is 11.9 Å². The number of carbonyl (C=O) groups excluding carboxylic acids is 2. The lowest BCUT2D eigenvalue weighted by atomic mass is 9.83. The minimum Gasteiger partial charge on any atom is -0.466 e. The van der Waals surface area contributed by atoms with Gasteiger partial charge in [-0.05, 0) is 65.2 Å². The molecule has 0 bridgehead atoms. The van der Waals surface area contributed by atoms with Gasteiger partial charge in [0.25, 0.3) is 0 Å². The first-order valence-electron chi connectivity index (χ1n) is 8.50. The zero-order valence-corrected chi connectivity index (χ0v) is 13.6. The van der Waals surface area contributed by atoms with Crippen molar-refractivity contribution in [2.45, 2.75) is 77.8 Å². The van der Waals surface area contributed by atoms with Gasteiger partial charge in [0.15, 0.2) is 0 Å². The van der Waals surface area contributed by atoms with Gasteiger partial charge in [-0.15, -0.1) is 0 Å². The molecule has 2 aliphatic rings. The summed E-state index contributed by atoms with van der Waals surface area (Å²) >= 11 is 0. The van der Waals surface area contributed by atoms with Gasteiger partial charge >= 0.3 is 5.97 Å². The third-order valence-electron chi connectivity index (χ3n) is 4.71. The molecule has 0 unspecified atom stereocenters. The van der Waals surface area contributed by atoms with Crippen molar-refractivity contribution in [1.29, 1.82) is 0 Å². The predicted octanol–water partition coefficient (Wildman–Crippen LogP) is 3.15. The molecule has 0 N–H and O–H groups in total. The molecule has 21 heavy (non-hydrogen) atoms. The standard InChI is InChI=1S/C17H29NO3/c1-4-21-16(19)11-13-5-9-15(10-6-13)18(12(2)3)17(20)14-7-8-14/h12-15H,4-11H2,1-3H3. The van der Waals surface area contributed by atoms with Crippen molar-refractivity contribution in [1.82, 2.24) is 4.90 Å². The fraction of sp³-hybridized carbons (Fsp3) is 0.882. The van der Waals surface area contributed by atoms with Crippen LogP contribution in [0.4, 0.5) is 0 Å². The zero-order chi connectivity index (χ0) is 15.4. The number of carbonyl (C=O) groups is 2. The van der Waals surface area contributed by atoms with E-state index in [0.29, 0.717) is 36.8 Å². The number of hydrogen-bond donors (Lipinski definition) is 0. The lowest BCUT2D eigenvalue weighted by Gasteiger charge is -2.39. The highest BCUT2D eigenvalue weighted by Crippen LogP contribution is 2.36. The van der Waals surface area contributed by atoms with E-state index in [1.165, 1.54) is 0 Å². The molecule has 4 heteroatoms. The van der Waals surface area contributed by atoms with Crippen LogP contribution < -0.4 is 0 Å². The van der Waals surface area contributed by atoms with Crippen LogP contribution in [0.3, 0.4) is 0 Å². The van der Waals surface area contributed by atoms with Gasteiger partial charge in [-0.2, -0.15) is 0 Å². The molecule has 0 aromatic carbocycles. The highest BCUT2D eigenvalue weighted by Gasteiger charge is 2.38. The highest BCUT2D eigenvalue weighted by atomic mass is 16.5. The molecule has 0 aliphatic heterocycles. The molecule has 2 fully saturated rings. The Balaban J connectivity index is 1.83. The van der Waals surface area contributed by atoms with Crippen LogP contribution in [0.15, 0.2) is 0 Å². The van der Waals surface area contributed by atoms with Gasteiger partial charge in [-0.1, -0.05) is 0 Å². The predicted molar refractivity (Wildman–Crippen MR) is 81.7 cm³/mol. The minimum absolute atomic E-state index is 0.0734. The molecule has 2 rings (SSSR count). The highest BCUT2D eigenvalue weighted by molar-refractivity contribution is 5.81. The molecule has 0 radical (unpaired) electrons. The van der Waals surface area contributed by atoms with E-state index < -0.39 is 0 Å². The first kappa shape index (κ1) is 16.3. The first-order chi connectivity index (χ1) is 10.0. The molecule has 120 valence electrons. The Morgan fingerprint density at radius 3 is 2.19 bits per heavy atom. The number of amides is 1. The molecule has 2 saturated carbocycles. The monoisotopic (exact) mass is 295 g/mol. The second-order valence-electron chi connectivity index (χ2n) is 6.80. The molecular weight excluding hydrogens is 266 g/mol. The lowest BCUT2D eigenvalue weighted by molar-refractivity contribution is -0.145. The Labute approximate surface area is 128 Å². The van der Waals surface area contributed by atoms with E-state index in [-0.39, 0.29) is 12.0 Å². The molecular formula is C17H29NO3. The molecule has 0 saturated heterocycles. The van der Waals surface area contributed by atoms with Crippen molar-refractivity contribution in [2.24, 2.45) is 11.8 Å². The van der Waals surface area contributed by atoms with Crippen LogP contribution in [-0.2, 0) is 14.3 Å². The third-order valence-corrected chi connectivity index (χ3v) is 4.71. The summed E-state index contributed by atoms with van der Waals surface area (Å²) in [5.74, 6) is 1.02. The van der Waals surface area contributed by atoms with Crippen molar-refractivity contribution in [3.05, 3.63) is 0 Å². The van der Waals surface area contributed by atoms with Crippen molar-refractivity contribution < 1.29 is 14.3 Å². The molecule has 0 aromatic rings. The average molecular weight is 295 g/mol. The number of rotatable bonds is 6. The van der Waals surface area contributed by atoms with Crippen molar-refractivity contribution in [3.8, 4) is 0 Å². The number of esters is 1. The van der Waals surface area contributed by atoms with Gasteiger partial charge < -0.3 is 9.64 Å². The van der Waals surface area contributed by atoms with Gasteiger partial charge in [0, 0.05) is 24.4 Å². The van der Waals surface area contributed by atoms with Crippen LogP contribution >= 0.6 is 0 Å². The Bertz CT molecular complexity index is 368. The van der Waals surface area contributed by atoms with E-state index in [4.69, 9.17) is 4.74 Å². The summed E-state index contributed by atoms with van der Waals surface area (Å²) in [5, 5.41) is 0. The molecule has 4 nitrogen and oxygen atoms in total. The first-order valence-corrected chi connectivity index (χ1v) is 8.50. The second kappa shape index (κ2) is 7.28. The maximum atomic E-state index is 12.4. The quantitative estimate of drug-likeness (QED) is 0.707. The molecule has 0 atom stereocenters. The second-order valence-corrected chi connectivity index (χ2v) is 6.80. The summed E-state index contributed by atoms with van der Waals surface area (Å²) in [4.78, 5) is 26.1. The molecule has 1 amide bonds. The van der Waals surface area contributed by atoms with E-state index in [2.05, 4.69) is 18.7 Å². The Kier molecular flexibility index (Phi) is 5.65. The normalized spacial score (nSPS) is 25.7. The van der Waals surface area contributed by atoms with E-state index in [1.54, 1.807) is 0 Å². The van der Waals surface area contributed by atoms with Crippen molar-refractivity contribution in [2.75, 3.05) is 6.61 Å². The maximum absolute atomic E-state index is 12.4. The summed E-state index contributed by atoms with van der Waals surface area (Å²) < 4.78 is 5.03. The zero-order valence-electron chi connectivity index (χ0n) is 13.6. The largest absolute Gasteiger partial charge is 0.466 e. The van der Waals surface area contributed by atoms with Gasteiger partial charge in [0.05, 0.1) is 6.61 Å². The maximum Gasteiger partial charge on any atom is 0.306 e. The van der Waals surface area contributed by atoms with Crippen LogP contribution in [0, 0.1) is 11.8 Å². The summed E-state index contributed by atoms with van der Waals surface area (Å²) in [6, 6.07) is 0.654. The Morgan fingerprint density at radius 2 is 1.71 bits per heavy atom. The molecule has 0 aromatic heterocycles. The fourth-order valence-electron chi connectivity index (χ4n) is 3.48. The van der Waals surface area contributed by atoms with Gasteiger partial charge in [-0.3, -0.25) is 9.59 Å². The molecule has 0 spiro atoms. The van der Waals surface area contributed by atoms with E-state index in [1.807, 2.05) is 6.92 Å². The van der Waals surface area contributed by atoms with E-state index in [9.17, 15) is 9.59 Å². The third kappa shape index (κ3) is 4.45. The van der Waals surface area contributed by atoms with Crippen LogP contribution in [0.25, 0.3) is 0 Å². The minimum atomic E-state index is -0.0734. The van der Waals surface area contributed by atoms with Crippen LogP contribution in [0.2, 0.25) is 0 Å². The summed E-state index contributed by atoms with van der Waals surface area (Å²) in [6.45, 7) is 6.54. The summed E-state index contributed by atoms with van der Waals surface area (Å²) in [7, 11) is 0. The van der Waals surface area contributed by atoms with E-state index >= 15 is 0 Å². The lowest BCUT2D eigenvalue weighted by Crippen LogP contribution is -2.47. The van der Waals surface area contributed by atoms with Gasteiger partial charge in [-0.25, -0.2) is 0 Å². The number of nitrogens with zero attached hydrogens (tertiary/aromatic N) is 1. The number of hydrogen-bond acceptors (Lipinski definition) is 3. The summed E-state index contributed by atoms with van der Waals surface area (Å²) in [5.41, 5.74) is 0. The average Bonchev–Trinajstić information content (AvgIpc) is 3.25. The van der Waals surface area contributed by atoms with Crippen LogP contribution in [0.5, 0.6) is 0 Å². The number of ether oxygens (including phenoxy) is 1. The molecule has 0 heterocycles.